The van der Waals surface area contributed by atoms with Gasteiger partial charge in [-0.25, -0.2) is 4.39 Å². The lowest BCUT2D eigenvalue weighted by Crippen LogP contribution is -2.27. The van der Waals surface area contributed by atoms with E-state index in [2.05, 4.69) is 60.6 Å². The third kappa shape index (κ3) is 10.6. The van der Waals surface area contributed by atoms with Crippen LogP contribution in [0.2, 0.25) is 0 Å². The van der Waals surface area contributed by atoms with E-state index in [0.717, 1.165) is 52.3 Å². The monoisotopic (exact) mass is 537 g/mol. The van der Waals surface area contributed by atoms with Crippen LogP contribution >= 0.6 is 11.8 Å². The van der Waals surface area contributed by atoms with E-state index in [4.69, 9.17) is 0 Å². The zero-order chi connectivity index (χ0) is 28.5. The minimum absolute atomic E-state index is 0.0654. The van der Waals surface area contributed by atoms with Crippen molar-refractivity contribution in [2.24, 2.45) is 0 Å². The topological polar surface area (TPSA) is 20.3 Å². The number of aryl methyl sites for hydroxylation is 1. The van der Waals surface area contributed by atoms with Crippen molar-refractivity contribution >= 4 is 17.7 Å². The Hall–Kier alpha value is -2.59. The molecule has 3 aromatic rings. The predicted octanol–water partition coefficient (Wildman–Crippen LogP) is 10.5. The van der Waals surface area contributed by atoms with Gasteiger partial charge < -0.3 is 4.90 Å². The number of nitrogens with zero attached hydrogens (tertiary/aromatic N) is 1. The van der Waals surface area contributed by atoms with Gasteiger partial charge >= 0.3 is 0 Å². The number of halogens is 1. The summed E-state index contributed by atoms with van der Waals surface area (Å²) in [7, 11) is 1.86. The first-order valence-corrected chi connectivity index (χ1v) is 15.0. The number of carbonyl (C=O) groups is 1. The third-order valence-corrected chi connectivity index (χ3v) is 7.06. The zero-order valence-corrected chi connectivity index (χ0v) is 25.6. The van der Waals surface area contributed by atoms with Crippen LogP contribution in [-0.4, -0.2) is 24.4 Å². The van der Waals surface area contributed by atoms with Crippen molar-refractivity contribution in [1.29, 1.82) is 0 Å². The number of rotatable bonds is 9. The van der Waals surface area contributed by atoms with E-state index >= 15 is 0 Å². The lowest BCUT2D eigenvalue weighted by Gasteiger charge is -2.20. The number of hydrogen-bond donors (Lipinski definition) is 0. The van der Waals surface area contributed by atoms with Gasteiger partial charge in [-0.2, -0.15) is 0 Å². The molecule has 0 aliphatic heterocycles. The Labute approximate surface area is 236 Å². The Bertz CT molecular complexity index is 1100. The summed E-state index contributed by atoms with van der Waals surface area (Å²) < 4.78 is 13.9. The summed E-state index contributed by atoms with van der Waals surface area (Å²) in [6.07, 6.45) is 5.47. The molecule has 0 aliphatic rings. The SMILES string of the molecule is CCC.CCC.CCCCN(C)C(=O)c1ccc(Sc2ccccc2C(CC)c2cccc(F)c2)c(C)c1. The molecular weight excluding hydrogens is 489 g/mol. The minimum Gasteiger partial charge on any atom is -0.342 e. The molecule has 1 unspecified atom stereocenters. The number of carbonyl (C=O) groups excluding carboxylic acids is 1. The van der Waals surface area contributed by atoms with Gasteiger partial charge in [0, 0.05) is 34.9 Å². The maximum absolute atomic E-state index is 13.9. The van der Waals surface area contributed by atoms with Crippen LogP contribution in [0.4, 0.5) is 4.39 Å². The summed E-state index contributed by atoms with van der Waals surface area (Å²) in [5.74, 6) is -0.00971. The van der Waals surface area contributed by atoms with Gasteiger partial charge in [-0.3, -0.25) is 4.79 Å². The molecule has 1 amide bonds. The standard InChI is InChI=1S/C28H32FNOS.2C3H8/c1-5-7-17-30(4)28(31)22-15-16-26(20(3)18-22)32-27-14-9-8-13-25(27)24(6-2)21-11-10-12-23(29)19-21;2*1-3-2/h8-16,18-19,24H,5-7,17H2,1-4H3;2*3H2,1-2H3. The largest absolute Gasteiger partial charge is 0.342 e. The van der Waals surface area contributed by atoms with Gasteiger partial charge in [0.1, 0.15) is 5.82 Å². The molecule has 0 aromatic heterocycles. The van der Waals surface area contributed by atoms with Crippen LogP contribution in [0.25, 0.3) is 0 Å². The molecule has 0 saturated carbocycles. The van der Waals surface area contributed by atoms with Crippen molar-refractivity contribution in [1.82, 2.24) is 4.90 Å². The van der Waals surface area contributed by atoms with Gasteiger partial charge in [0.25, 0.3) is 5.91 Å². The molecule has 0 saturated heterocycles. The Balaban J connectivity index is 0.00000110. The summed E-state index contributed by atoms with van der Waals surface area (Å²) in [5, 5.41) is 0. The van der Waals surface area contributed by atoms with Crippen molar-refractivity contribution in [2.45, 2.75) is 96.3 Å². The minimum atomic E-state index is -0.203. The molecular formula is C34H48FNOS. The Morgan fingerprint density at radius 3 is 2.11 bits per heavy atom. The Morgan fingerprint density at radius 1 is 0.868 bits per heavy atom. The molecule has 0 spiro atoms. The van der Waals surface area contributed by atoms with Gasteiger partial charge in [0.15, 0.2) is 0 Å². The summed E-state index contributed by atoms with van der Waals surface area (Å²) >= 11 is 1.71. The van der Waals surface area contributed by atoms with E-state index in [1.54, 1.807) is 28.8 Å². The summed E-state index contributed by atoms with van der Waals surface area (Å²) in [4.78, 5) is 16.8. The van der Waals surface area contributed by atoms with Crippen LogP contribution in [-0.2, 0) is 0 Å². The second-order valence-electron chi connectivity index (χ2n) is 9.63. The predicted molar refractivity (Wildman–Crippen MR) is 164 cm³/mol. The first-order valence-electron chi connectivity index (χ1n) is 14.2. The van der Waals surface area contributed by atoms with E-state index in [1.165, 1.54) is 24.5 Å². The molecule has 0 N–H and O–H groups in total. The summed E-state index contributed by atoms with van der Waals surface area (Å²) in [6, 6.07) is 21.2. The van der Waals surface area contributed by atoms with Gasteiger partial charge in [0.05, 0.1) is 0 Å². The van der Waals surface area contributed by atoms with Crippen LogP contribution < -0.4 is 0 Å². The molecule has 0 fully saturated rings. The number of hydrogen-bond acceptors (Lipinski definition) is 2. The summed E-state index contributed by atoms with van der Waals surface area (Å²) in [5.41, 5.74) is 4.00. The highest BCUT2D eigenvalue weighted by Gasteiger charge is 2.18. The maximum Gasteiger partial charge on any atom is 0.253 e. The summed E-state index contributed by atoms with van der Waals surface area (Å²) in [6.45, 7) is 15.6. The van der Waals surface area contributed by atoms with Crippen molar-refractivity contribution in [3.8, 4) is 0 Å². The zero-order valence-electron chi connectivity index (χ0n) is 24.8. The van der Waals surface area contributed by atoms with Crippen LogP contribution in [0, 0.1) is 12.7 Å². The second kappa shape index (κ2) is 18.6. The fourth-order valence-electron chi connectivity index (χ4n) is 3.95. The van der Waals surface area contributed by atoms with Crippen LogP contribution in [0.3, 0.4) is 0 Å². The Kier molecular flexibility index (Phi) is 16.4. The van der Waals surface area contributed by atoms with E-state index in [9.17, 15) is 9.18 Å². The van der Waals surface area contributed by atoms with Crippen molar-refractivity contribution in [2.75, 3.05) is 13.6 Å². The molecule has 208 valence electrons. The first kappa shape index (κ1) is 33.4. The van der Waals surface area contributed by atoms with Crippen molar-refractivity contribution in [3.05, 3.63) is 94.8 Å². The first-order chi connectivity index (χ1) is 18.3. The second-order valence-corrected chi connectivity index (χ2v) is 10.7. The molecule has 3 aromatic carbocycles. The molecule has 2 nitrogen and oxygen atoms in total. The fraction of sp³-hybridized carbons (Fsp3) is 0.441. The average molecular weight is 538 g/mol. The van der Waals surface area contributed by atoms with Crippen LogP contribution in [0.5, 0.6) is 0 Å². The molecule has 0 aliphatic carbocycles. The third-order valence-electron chi connectivity index (χ3n) is 5.79. The number of amides is 1. The quantitative estimate of drug-likeness (QED) is 0.270. The van der Waals surface area contributed by atoms with Gasteiger partial charge in [-0.05, 0) is 72.9 Å². The number of benzene rings is 3. The van der Waals surface area contributed by atoms with E-state index in [-0.39, 0.29) is 17.6 Å². The Morgan fingerprint density at radius 2 is 1.53 bits per heavy atom. The molecule has 0 heterocycles. The van der Waals surface area contributed by atoms with Gasteiger partial charge in [-0.15, -0.1) is 0 Å². The van der Waals surface area contributed by atoms with Crippen LogP contribution in [0.1, 0.15) is 107 Å². The smallest absolute Gasteiger partial charge is 0.253 e. The molecule has 38 heavy (non-hydrogen) atoms. The van der Waals surface area contributed by atoms with E-state index < -0.39 is 0 Å². The molecule has 4 heteroatoms. The lowest BCUT2D eigenvalue weighted by molar-refractivity contribution is 0.0793. The fourth-order valence-corrected chi connectivity index (χ4v) is 5.02. The normalized spacial score (nSPS) is 11.0. The maximum atomic E-state index is 13.9. The van der Waals surface area contributed by atoms with Crippen LogP contribution in [0.15, 0.2) is 76.5 Å². The molecule has 3 rings (SSSR count). The van der Waals surface area contributed by atoms with E-state index in [1.807, 2.05) is 43.4 Å². The van der Waals surface area contributed by atoms with Gasteiger partial charge in [-0.1, -0.05) is 103 Å². The molecule has 1 atom stereocenters. The highest BCUT2D eigenvalue weighted by Crippen LogP contribution is 2.39. The van der Waals surface area contributed by atoms with E-state index in [0.29, 0.717) is 0 Å². The molecule has 0 bridgehead atoms. The highest BCUT2D eigenvalue weighted by molar-refractivity contribution is 7.99. The van der Waals surface area contributed by atoms with Crippen molar-refractivity contribution in [3.63, 3.8) is 0 Å². The molecule has 0 radical (unpaired) electrons. The average Bonchev–Trinajstić information content (AvgIpc) is 2.90. The highest BCUT2D eigenvalue weighted by atomic mass is 32.2. The lowest BCUT2D eigenvalue weighted by atomic mass is 9.89. The number of unbranched alkanes of at least 4 members (excludes halogenated alkanes) is 1. The van der Waals surface area contributed by atoms with Gasteiger partial charge in [0.2, 0.25) is 0 Å². The van der Waals surface area contributed by atoms with Crippen molar-refractivity contribution < 1.29 is 9.18 Å².